The van der Waals surface area contributed by atoms with Crippen molar-refractivity contribution in [2.24, 2.45) is 5.73 Å². The van der Waals surface area contributed by atoms with Crippen LogP contribution in [0.4, 0.5) is 0 Å². The van der Waals surface area contributed by atoms with E-state index in [9.17, 15) is 61.3 Å². The number of aliphatic hydroxyl groups excluding tert-OH is 13. The zero-order chi connectivity index (χ0) is 41.6. The van der Waals surface area contributed by atoms with Crippen molar-refractivity contribution in [2.75, 3.05) is 39.5 Å². The van der Waals surface area contributed by atoms with Crippen molar-refractivity contribution in [1.82, 2.24) is 5.32 Å². The highest BCUT2D eigenvalue weighted by molar-refractivity contribution is 7.10. The molecule has 4 rings (SSSR count). The molecule has 16 N–H and O–H groups in total. The maximum atomic E-state index is 10.5. The fourth-order valence-electron chi connectivity index (χ4n) is 5.69. The Kier molecular flexibility index (Phi) is 25.9. The summed E-state index contributed by atoms with van der Waals surface area (Å²) in [5.74, 6) is 0. The van der Waals surface area contributed by atoms with Gasteiger partial charge in [0, 0.05) is 32.0 Å². The number of ether oxygens (including phenoxy) is 6. The number of aliphatic hydroxyl groups is 13. The van der Waals surface area contributed by atoms with Crippen LogP contribution in [0.2, 0.25) is 0 Å². The molecule has 4 aliphatic heterocycles. The van der Waals surface area contributed by atoms with Gasteiger partial charge in [-0.25, -0.2) is 0 Å². The summed E-state index contributed by atoms with van der Waals surface area (Å²) < 4.78 is 42.0. The highest BCUT2D eigenvalue weighted by Gasteiger charge is 2.52. The van der Waals surface area contributed by atoms with E-state index >= 15 is 0 Å². The molecule has 26 heteroatoms. The van der Waals surface area contributed by atoms with Gasteiger partial charge in [-0.3, -0.25) is 5.32 Å². The Morgan fingerprint density at radius 3 is 1.46 bits per heavy atom. The molecule has 0 aromatic rings. The minimum Gasteiger partial charge on any atom is -0.394 e. The number of rotatable bonds is 14. The molecule has 0 aromatic heterocycles. The predicted molar refractivity (Wildman–Crippen MR) is 201 cm³/mol. The standard InChI is InChI=1S/C15H29NO10P2.C12H22O11.C3H7N.H3P/c1-2-3-16-14-11(20)10(19)13(7(24-14)5-23-28)26-15-12(21)9(18)8(17)6(25-15)4-22-27;13-1-3-5(15)6(16)9(19)12(22-3)23-10-4(2-14)21-11(20)8(18)7(10)17;1-2-3-4;/h2,6-21H,1,3-5,27-28H2;3-20H,1-2H2;2H,1,3-4H2;1H3/t6?,7-,8+,9-,10?,11?,12?,13+,14+,15-;3?,4-,5+,6-,7?,8?,9?,10+,11+,12-;;/m00../s1. The van der Waals surface area contributed by atoms with Gasteiger partial charge in [0.15, 0.2) is 18.9 Å². The first kappa shape index (κ1) is 53.9. The first-order valence-corrected chi connectivity index (χ1v) is 17.9. The third-order valence-electron chi connectivity index (χ3n) is 8.77. The SMILES string of the molecule is C=CCN.C=CCN[C@@H]1O[C@@H](COP)[C@@H](O[C@@H]2OC(COP)[C@@H](O)[C@H](O)C2O)C(O)C1O.OCC1O[C@@H](O[C@H]2C(O)C(O)[C@H](O)O[C@H]2CO)C(O)[C@@H](O)[C@@H]1O.P. The highest BCUT2D eigenvalue weighted by Crippen LogP contribution is 2.31. The first-order chi connectivity index (χ1) is 26.1. The lowest BCUT2D eigenvalue weighted by Crippen LogP contribution is -2.66. The molecule has 4 saturated heterocycles. The van der Waals surface area contributed by atoms with E-state index in [1.54, 1.807) is 12.2 Å². The van der Waals surface area contributed by atoms with E-state index in [2.05, 4.69) is 18.5 Å². The lowest BCUT2D eigenvalue weighted by Gasteiger charge is -2.46. The number of hydrogen-bond acceptors (Lipinski definition) is 23. The van der Waals surface area contributed by atoms with Crippen molar-refractivity contribution in [3.63, 3.8) is 0 Å². The van der Waals surface area contributed by atoms with E-state index in [0.29, 0.717) is 13.1 Å². The molecule has 4 aliphatic rings. The molecule has 23 nitrogen and oxygen atoms in total. The van der Waals surface area contributed by atoms with Gasteiger partial charge >= 0.3 is 0 Å². The number of nitrogens with one attached hydrogen (secondary N) is 1. The zero-order valence-electron chi connectivity index (χ0n) is 30.4. The molecule has 23 atom stereocenters. The van der Waals surface area contributed by atoms with Gasteiger partial charge in [-0.15, -0.1) is 13.2 Å². The van der Waals surface area contributed by atoms with Crippen molar-refractivity contribution in [1.29, 1.82) is 0 Å². The van der Waals surface area contributed by atoms with Crippen LogP contribution in [0.3, 0.4) is 0 Å². The average Bonchev–Trinajstić information content (AvgIpc) is 3.18. The molecule has 0 aromatic carbocycles. The van der Waals surface area contributed by atoms with E-state index in [4.69, 9.17) is 48.3 Å². The summed E-state index contributed by atoms with van der Waals surface area (Å²) in [7, 11) is 4.04. The van der Waals surface area contributed by atoms with Crippen molar-refractivity contribution >= 4 is 28.8 Å². The second-order valence-corrected chi connectivity index (χ2v) is 13.3. The topological polar surface area (TPSA) is 375 Å². The number of hydrogen-bond donors (Lipinski definition) is 15. The Morgan fingerprint density at radius 1 is 0.554 bits per heavy atom. The maximum Gasteiger partial charge on any atom is 0.187 e. The Balaban J connectivity index is 0.000000510. The van der Waals surface area contributed by atoms with Gasteiger partial charge in [-0.05, 0) is 0 Å². The van der Waals surface area contributed by atoms with Crippen molar-refractivity contribution < 1.29 is 104 Å². The van der Waals surface area contributed by atoms with Crippen LogP contribution in [0.5, 0.6) is 0 Å². The van der Waals surface area contributed by atoms with E-state index in [0.717, 1.165) is 0 Å². The maximum absolute atomic E-state index is 10.5. The van der Waals surface area contributed by atoms with Crippen LogP contribution in [0.15, 0.2) is 25.3 Å². The van der Waals surface area contributed by atoms with Gasteiger partial charge in [-0.1, -0.05) is 12.2 Å². The normalized spacial score (nSPS) is 43.9. The van der Waals surface area contributed by atoms with Gasteiger partial charge in [0.05, 0.1) is 26.4 Å². The van der Waals surface area contributed by atoms with Crippen molar-refractivity contribution in [3.05, 3.63) is 25.3 Å². The van der Waals surface area contributed by atoms with Crippen LogP contribution in [-0.4, -0.2) is 229 Å². The quantitative estimate of drug-likeness (QED) is 0.0569. The third kappa shape index (κ3) is 14.2. The summed E-state index contributed by atoms with van der Waals surface area (Å²) in [6, 6.07) is 0. The fraction of sp³-hybridized carbons (Fsp3) is 0.867. The molecule has 0 aliphatic carbocycles. The van der Waals surface area contributed by atoms with Crippen molar-refractivity contribution in [2.45, 2.75) is 123 Å². The van der Waals surface area contributed by atoms with Crippen LogP contribution < -0.4 is 11.1 Å². The van der Waals surface area contributed by atoms with Crippen LogP contribution in [0, 0.1) is 0 Å². The Hall–Kier alpha value is -0.150. The highest BCUT2D eigenvalue weighted by atomic mass is 31.0. The van der Waals surface area contributed by atoms with Gasteiger partial charge in [0.2, 0.25) is 0 Å². The summed E-state index contributed by atoms with van der Waals surface area (Å²) in [6.45, 7) is 6.38. The minimum absolute atomic E-state index is 0. The van der Waals surface area contributed by atoms with Gasteiger partial charge in [0.25, 0.3) is 0 Å². The van der Waals surface area contributed by atoms with Gasteiger partial charge in [0.1, 0.15) is 104 Å². The van der Waals surface area contributed by atoms with Crippen LogP contribution in [0.25, 0.3) is 0 Å². The van der Waals surface area contributed by atoms with E-state index in [1.165, 1.54) is 0 Å². The molecule has 0 spiro atoms. The second-order valence-electron chi connectivity index (χ2n) is 12.6. The van der Waals surface area contributed by atoms with Crippen molar-refractivity contribution in [3.8, 4) is 0 Å². The fourth-order valence-corrected chi connectivity index (χ4v) is 6.07. The molecule has 4 heterocycles. The van der Waals surface area contributed by atoms with Crippen LogP contribution in [0.1, 0.15) is 0 Å². The van der Waals surface area contributed by atoms with Gasteiger partial charge in [-0.2, -0.15) is 9.90 Å². The average molecular weight is 879 g/mol. The Morgan fingerprint density at radius 2 is 1.00 bits per heavy atom. The largest absolute Gasteiger partial charge is 0.394 e. The van der Waals surface area contributed by atoms with Gasteiger partial charge < -0.3 is 110 Å². The lowest BCUT2D eigenvalue weighted by molar-refractivity contribution is -0.355. The summed E-state index contributed by atoms with van der Waals surface area (Å²) in [4.78, 5) is 0. The smallest absolute Gasteiger partial charge is 0.187 e. The number of nitrogens with two attached hydrogens (primary N) is 1. The predicted octanol–water partition coefficient (Wildman–Crippen LogP) is -8.19. The molecule has 4 fully saturated rings. The second kappa shape index (κ2) is 26.9. The molecule has 0 amide bonds. The molecule has 0 bridgehead atoms. The molecule has 56 heavy (non-hydrogen) atoms. The van der Waals surface area contributed by atoms with E-state index < -0.39 is 136 Å². The summed E-state index contributed by atoms with van der Waals surface area (Å²) in [5.41, 5.74) is 4.91. The Labute approximate surface area is 331 Å². The summed E-state index contributed by atoms with van der Waals surface area (Å²) >= 11 is 0. The molecule has 0 radical (unpaired) electrons. The third-order valence-corrected chi connectivity index (χ3v) is 9.16. The summed E-state index contributed by atoms with van der Waals surface area (Å²) in [5, 5.41) is 130. The lowest BCUT2D eigenvalue weighted by atomic mass is 9.96. The molecular formula is C30H61N2O21P3. The van der Waals surface area contributed by atoms with E-state index in [1.807, 2.05) is 18.9 Å². The zero-order valence-corrected chi connectivity index (χ0v) is 34.1. The molecule has 0 saturated carbocycles. The molecular weight excluding hydrogens is 817 g/mol. The molecule has 11 unspecified atom stereocenters. The van der Waals surface area contributed by atoms with Crippen LogP contribution in [-0.2, 0) is 37.5 Å². The minimum atomic E-state index is -1.74. The summed E-state index contributed by atoms with van der Waals surface area (Å²) in [6.07, 6.45) is -25.0. The molecule has 332 valence electrons. The van der Waals surface area contributed by atoms with Crippen LogP contribution >= 0.6 is 28.8 Å². The Bertz CT molecular complexity index is 1100. The first-order valence-electron chi connectivity index (χ1n) is 17.0. The van der Waals surface area contributed by atoms with E-state index in [-0.39, 0.29) is 23.1 Å². The monoisotopic (exact) mass is 878 g/mol.